The standard InChI is InChI=1S/C14H15N3OS/c1-10-2-3-12-11(8-10)9-13(16-15-12)14(18)17-4-6-19-7-5-17/h2-3,8-9H,4-7H2,1H3. The second kappa shape index (κ2) is 5.17. The van der Waals surface area contributed by atoms with Gasteiger partial charge in [0.15, 0.2) is 5.69 Å². The van der Waals surface area contributed by atoms with Gasteiger partial charge in [-0.25, -0.2) is 0 Å². The van der Waals surface area contributed by atoms with Crippen molar-refractivity contribution in [3.8, 4) is 0 Å². The zero-order valence-electron chi connectivity index (χ0n) is 10.8. The van der Waals surface area contributed by atoms with Crippen LogP contribution in [0.1, 0.15) is 16.1 Å². The third-order valence-electron chi connectivity index (χ3n) is 3.26. The first-order valence-corrected chi connectivity index (χ1v) is 7.50. The summed E-state index contributed by atoms with van der Waals surface area (Å²) in [6, 6.07) is 7.82. The molecule has 2 aromatic rings. The van der Waals surface area contributed by atoms with Crippen molar-refractivity contribution in [2.45, 2.75) is 6.92 Å². The van der Waals surface area contributed by atoms with Gasteiger partial charge in [0.1, 0.15) is 0 Å². The van der Waals surface area contributed by atoms with E-state index in [1.165, 1.54) is 0 Å². The van der Waals surface area contributed by atoms with Crippen LogP contribution in [0.4, 0.5) is 0 Å². The van der Waals surface area contributed by atoms with Crippen molar-refractivity contribution < 1.29 is 4.79 Å². The largest absolute Gasteiger partial charge is 0.336 e. The highest BCUT2D eigenvalue weighted by atomic mass is 32.2. The fourth-order valence-corrected chi connectivity index (χ4v) is 3.10. The Hall–Kier alpha value is -1.62. The molecule has 0 radical (unpaired) electrons. The number of aromatic nitrogens is 2. The number of aryl methyl sites for hydroxylation is 1. The lowest BCUT2D eigenvalue weighted by Crippen LogP contribution is -2.38. The third-order valence-corrected chi connectivity index (χ3v) is 4.20. The molecule has 2 heterocycles. The molecule has 0 spiro atoms. The Bertz CT molecular complexity index is 623. The molecule has 19 heavy (non-hydrogen) atoms. The Morgan fingerprint density at radius 1 is 1.21 bits per heavy atom. The van der Waals surface area contributed by atoms with Crippen LogP contribution in [0.5, 0.6) is 0 Å². The van der Waals surface area contributed by atoms with Gasteiger partial charge in [-0.3, -0.25) is 4.79 Å². The first kappa shape index (κ1) is 12.4. The molecule has 0 saturated carbocycles. The summed E-state index contributed by atoms with van der Waals surface area (Å²) in [6.07, 6.45) is 0. The maximum Gasteiger partial charge on any atom is 0.274 e. The predicted molar refractivity (Wildman–Crippen MR) is 77.5 cm³/mol. The summed E-state index contributed by atoms with van der Waals surface area (Å²) in [5.74, 6) is 2.01. The topological polar surface area (TPSA) is 46.1 Å². The van der Waals surface area contributed by atoms with E-state index >= 15 is 0 Å². The highest BCUT2D eigenvalue weighted by Gasteiger charge is 2.20. The summed E-state index contributed by atoms with van der Waals surface area (Å²) >= 11 is 1.89. The molecule has 1 aliphatic heterocycles. The number of benzene rings is 1. The monoisotopic (exact) mass is 273 g/mol. The highest BCUT2D eigenvalue weighted by molar-refractivity contribution is 7.99. The first-order valence-electron chi connectivity index (χ1n) is 6.35. The van der Waals surface area contributed by atoms with Crippen molar-refractivity contribution in [2.24, 2.45) is 0 Å². The molecule has 1 saturated heterocycles. The average molecular weight is 273 g/mol. The van der Waals surface area contributed by atoms with Crippen molar-refractivity contribution in [1.29, 1.82) is 0 Å². The number of amides is 1. The van der Waals surface area contributed by atoms with E-state index in [-0.39, 0.29) is 5.91 Å². The normalized spacial score (nSPS) is 15.7. The van der Waals surface area contributed by atoms with E-state index in [2.05, 4.69) is 10.2 Å². The number of fused-ring (bicyclic) bond motifs is 1. The molecule has 1 fully saturated rings. The maximum atomic E-state index is 12.3. The molecule has 1 aliphatic rings. The summed E-state index contributed by atoms with van der Waals surface area (Å²) in [7, 11) is 0. The molecule has 0 bridgehead atoms. The Kier molecular flexibility index (Phi) is 3.38. The van der Waals surface area contributed by atoms with Crippen molar-refractivity contribution in [3.63, 3.8) is 0 Å². The number of carbonyl (C=O) groups is 1. The zero-order valence-corrected chi connectivity index (χ0v) is 11.6. The van der Waals surface area contributed by atoms with Crippen LogP contribution in [0.2, 0.25) is 0 Å². The second-order valence-electron chi connectivity index (χ2n) is 4.70. The summed E-state index contributed by atoms with van der Waals surface area (Å²) in [5, 5.41) is 9.18. The van der Waals surface area contributed by atoms with Gasteiger partial charge < -0.3 is 4.90 Å². The van der Waals surface area contributed by atoms with Gasteiger partial charge in [0, 0.05) is 30.0 Å². The number of hydrogen-bond acceptors (Lipinski definition) is 4. The van der Waals surface area contributed by atoms with Crippen LogP contribution in [-0.2, 0) is 0 Å². The van der Waals surface area contributed by atoms with Gasteiger partial charge in [0.2, 0.25) is 0 Å². The van der Waals surface area contributed by atoms with E-state index in [0.29, 0.717) is 5.69 Å². The van der Waals surface area contributed by atoms with Gasteiger partial charge in [-0.2, -0.15) is 11.8 Å². The molecule has 0 N–H and O–H groups in total. The minimum Gasteiger partial charge on any atom is -0.336 e. The van der Waals surface area contributed by atoms with Crippen molar-refractivity contribution in [3.05, 3.63) is 35.5 Å². The van der Waals surface area contributed by atoms with Crippen LogP contribution in [0.15, 0.2) is 24.3 Å². The van der Waals surface area contributed by atoms with E-state index in [9.17, 15) is 4.79 Å². The van der Waals surface area contributed by atoms with E-state index in [0.717, 1.165) is 41.1 Å². The van der Waals surface area contributed by atoms with Crippen LogP contribution >= 0.6 is 11.8 Å². The van der Waals surface area contributed by atoms with Gasteiger partial charge >= 0.3 is 0 Å². The minimum atomic E-state index is -0.00351. The second-order valence-corrected chi connectivity index (χ2v) is 5.92. The molecule has 5 heteroatoms. The number of nitrogens with zero attached hydrogens (tertiary/aromatic N) is 3. The molecule has 4 nitrogen and oxygen atoms in total. The molecular weight excluding hydrogens is 258 g/mol. The molecule has 0 atom stereocenters. The fraction of sp³-hybridized carbons (Fsp3) is 0.357. The number of carbonyl (C=O) groups excluding carboxylic acids is 1. The Morgan fingerprint density at radius 3 is 2.79 bits per heavy atom. The smallest absolute Gasteiger partial charge is 0.274 e. The van der Waals surface area contributed by atoms with Gasteiger partial charge in [0.05, 0.1) is 5.52 Å². The molecule has 1 aromatic carbocycles. The summed E-state index contributed by atoms with van der Waals surface area (Å²) in [4.78, 5) is 14.2. The number of rotatable bonds is 1. The Morgan fingerprint density at radius 2 is 2.00 bits per heavy atom. The lowest BCUT2D eigenvalue weighted by atomic mass is 10.1. The first-order chi connectivity index (χ1) is 9.24. The molecule has 3 rings (SSSR count). The fourth-order valence-electron chi connectivity index (χ4n) is 2.20. The van der Waals surface area contributed by atoms with E-state index < -0.39 is 0 Å². The Labute approximate surface area is 116 Å². The lowest BCUT2D eigenvalue weighted by molar-refractivity contribution is 0.0765. The molecule has 0 unspecified atom stereocenters. The molecule has 1 amide bonds. The number of hydrogen-bond donors (Lipinski definition) is 0. The van der Waals surface area contributed by atoms with Gasteiger partial charge in [-0.05, 0) is 25.1 Å². The SMILES string of the molecule is Cc1ccc2nnc(C(=O)N3CCSCC3)cc2c1. The van der Waals surface area contributed by atoms with Crippen LogP contribution in [-0.4, -0.2) is 45.6 Å². The summed E-state index contributed by atoms with van der Waals surface area (Å²) in [6.45, 7) is 3.64. The molecule has 1 aromatic heterocycles. The summed E-state index contributed by atoms with van der Waals surface area (Å²) in [5.41, 5.74) is 2.44. The predicted octanol–water partition coefficient (Wildman–Crippen LogP) is 2.13. The minimum absolute atomic E-state index is 0.00351. The third kappa shape index (κ3) is 2.56. The molecule has 0 aliphatic carbocycles. The highest BCUT2D eigenvalue weighted by Crippen LogP contribution is 2.16. The van der Waals surface area contributed by atoms with Gasteiger partial charge in [-0.15, -0.1) is 10.2 Å². The van der Waals surface area contributed by atoms with E-state index in [4.69, 9.17) is 0 Å². The van der Waals surface area contributed by atoms with Crippen molar-refractivity contribution in [1.82, 2.24) is 15.1 Å². The zero-order chi connectivity index (χ0) is 13.2. The van der Waals surface area contributed by atoms with Crippen molar-refractivity contribution in [2.75, 3.05) is 24.6 Å². The summed E-state index contributed by atoms with van der Waals surface area (Å²) < 4.78 is 0. The van der Waals surface area contributed by atoms with Crippen LogP contribution in [0.3, 0.4) is 0 Å². The maximum absolute atomic E-state index is 12.3. The quantitative estimate of drug-likeness (QED) is 0.798. The van der Waals surface area contributed by atoms with E-state index in [1.807, 2.05) is 47.9 Å². The Balaban J connectivity index is 1.93. The molecule has 98 valence electrons. The van der Waals surface area contributed by atoms with Crippen LogP contribution < -0.4 is 0 Å². The van der Waals surface area contributed by atoms with Gasteiger partial charge in [-0.1, -0.05) is 11.6 Å². The van der Waals surface area contributed by atoms with E-state index in [1.54, 1.807) is 0 Å². The van der Waals surface area contributed by atoms with Crippen LogP contribution in [0, 0.1) is 6.92 Å². The van der Waals surface area contributed by atoms with Crippen molar-refractivity contribution >= 4 is 28.6 Å². The lowest BCUT2D eigenvalue weighted by Gasteiger charge is -2.25. The van der Waals surface area contributed by atoms with Gasteiger partial charge in [0.25, 0.3) is 5.91 Å². The molecular formula is C14H15N3OS. The average Bonchev–Trinajstić information content (AvgIpc) is 2.46. The van der Waals surface area contributed by atoms with Crippen LogP contribution in [0.25, 0.3) is 10.9 Å². The number of thioether (sulfide) groups is 1.